The Morgan fingerprint density at radius 1 is 1.22 bits per heavy atom. The van der Waals surface area contributed by atoms with Crippen molar-refractivity contribution in [3.63, 3.8) is 0 Å². The van der Waals surface area contributed by atoms with Gasteiger partial charge in [0.1, 0.15) is 0 Å². The first-order valence-electron chi connectivity index (χ1n) is 10.0. The minimum Gasteiger partial charge on any atom is -0.435 e. The molecule has 7 nitrogen and oxygen atoms in total. The van der Waals surface area contributed by atoms with Crippen molar-refractivity contribution >= 4 is 21.1 Å². The highest BCUT2D eigenvalue weighted by molar-refractivity contribution is 7.88. The molecule has 1 heterocycles. The SMILES string of the molecule is CC(C)(C)S(=O)NC(CC1CCC1)c1oc(-c2ccccc2)nc1OS(=O)(=O)C(F)(F)F. The van der Waals surface area contributed by atoms with Crippen LogP contribution >= 0.6 is 0 Å². The first-order valence-corrected chi connectivity index (χ1v) is 12.6. The molecular formula is C20H25F3N2O5S2. The molecule has 2 atom stereocenters. The van der Waals surface area contributed by atoms with Crippen molar-refractivity contribution in [2.45, 2.75) is 62.8 Å². The Hall–Kier alpha value is -1.92. The van der Waals surface area contributed by atoms with Crippen LogP contribution in [0.15, 0.2) is 34.7 Å². The van der Waals surface area contributed by atoms with Gasteiger partial charge in [0.2, 0.25) is 5.89 Å². The summed E-state index contributed by atoms with van der Waals surface area (Å²) in [7, 11) is -7.59. The molecule has 1 aromatic heterocycles. The van der Waals surface area contributed by atoms with Crippen LogP contribution in [0.2, 0.25) is 0 Å². The summed E-state index contributed by atoms with van der Waals surface area (Å²) in [5.41, 5.74) is -5.21. The lowest BCUT2D eigenvalue weighted by Crippen LogP contribution is -2.37. The average Bonchev–Trinajstić information content (AvgIpc) is 3.05. The summed E-state index contributed by atoms with van der Waals surface area (Å²) in [6, 6.07) is 7.43. The van der Waals surface area contributed by atoms with E-state index in [9.17, 15) is 25.8 Å². The molecule has 178 valence electrons. The second-order valence-electron chi connectivity index (χ2n) is 8.62. The van der Waals surface area contributed by atoms with Crippen LogP contribution in [0.25, 0.3) is 11.5 Å². The summed E-state index contributed by atoms with van der Waals surface area (Å²) in [4.78, 5) is 3.91. The van der Waals surface area contributed by atoms with Crippen LogP contribution in [0, 0.1) is 5.92 Å². The normalized spacial score (nSPS) is 17.6. The first kappa shape index (κ1) is 24.7. The molecule has 1 fully saturated rings. The zero-order chi connectivity index (χ0) is 23.7. The lowest BCUT2D eigenvalue weighted by Gasteiger charge is -2.30. The highest BCUT2D eigenvalue weighted by atomic mass is 32.2. The quantitative estimate of drug-likeness (QED) is 0.416. The van der Waals surface area contributed by atoms with Gasteiger partial charge >= 0.3 is 15.6 Å². The number of hydrogen-bond donors (Lipinski definition) is 1. The third-order valence-electron chi connectivity index (χ3n) is 5.03. The van der Waals surface area contributed by atoms with Crippen LogP contribution in [0.1, 0.15) is 58.3 Å². The van der Waals surface area contributed by atoms with E-state index >= 15 is 0 Å². The number of aromatic nitrogens is 1. The van der Waals surface area contributed by atoms with Crippen LogP contribution in [-0.4, -0.2) is 27.9 Å². The smallest absolute Gasteiger partial charge is 0.435 e. The molecule has 0 amide bonds. The van der Waals surface area contributed by atoms with Crippen LogP contribution in [0.5, 0.6) is 5.88 Å². The second-order valence-corrected chi connectivity index (χ2v) is 12.2. The van der Waals surface area contributed by atoms with Gasteiger partial charge in [0.05, 0.1) is 21.8 Å². The molecule has 2 aromatic rings. The Labute approximate surface area is 187 Å². The van der Waals surface area contributed by atoms with Gasteiger partial charge in [-0.05, 0) is 45.2 Å². The van der Waals surface area contributed by atoms with Crippen LogP contribution < -0.4 is 8.91 Å². The number of rotatable bonds is 8. The Kier molecular flexibility index (Phi) is 7.06. The van der Waals surface area contributed by atoms with Gasteiger partial charge in [-0.25, -0.2) is 8.93 Å². The summed E-state index contributed by atoms with van der Waals surface area (Å²) in [5, 5.41) is 0. The minimum atomic E-state index is -5.98. The van der Waals surface area contributed by atoms with E-state index in [0.717, 1.165) is 19.3 Å². The number of nitrogens with zero attached hydrogens (tertiary/aromatic N) is 1. The van der Waals surface area contributed by atoms with Crippen LogP contribution in [0.3, 0.4) is 0 Å². The van der Waals surface area contributed by atoms with Gasteiger partial charge in [-0.3, -0.25) is 0 Å². The van der Waals surface area contributed by atoms with Crippen molar-refractivity contribution in [2.75, 3.05) is 0 Å². The Bertz CT molecular complexity index is 1060. The molecule has 12 heteroatoms. The number of benzene rings is 1. The predicted molar refractivity (Wildman–Crippen MR) is 113 cm³/mol. The van der Waals surface area contributed by atoms with Crippen molar-refractivity contribution in [1.29, 1.82) is 0 Å². The molecular weight excluding hydrogens is 469 g/mol. The summed E-state index contributed by atoms with van der Waals surface area (Å²) in [6.45, 7) is 5.20. The maximum atomic E-state index is 13.0. The van der Waals surface area contributed by atoms with Gasteiger partial charge in [0.25, 0.3) is 5.88 Å². The van der Waals surface area contributed by atoms with Gasteiger partial charge in [-0.2, -0.15) is 26.6 Å². The molecule has 1 aliphatic carbocycles. The van der Waals surface area contributed by atoms with Crippen LogP contribution in [0.4, 0.5) is 13.2 Å². The highest BCUT2D eigenvalue weighted by Crippen LogP contribution is 2.41. The lowest BCUT2D eigenvalue weighted by molar-refractivity contribution is -0.0501. The second kappa shape index (κ2) is 9.14. The number of halogens is 3. The fourth-order valence-corrected chi connectivity index (χ4v) is 4.27. The van der Waals surface area contributed by atoms with Gasteiger partial charge in [-0.15, -0.1) is 0 Å². The zero-order valence-corrected chi connectivity index (χ0v) is 19.4. The summed E-state index contributed by atoms with van der Waals surface area (Å²) >= 11 is 0. The number of alkyl halides is 3. The van der Waals surface area contributed by atoms with E-state index in [0.29, 0.717) is 12.0 Å². The Morgan fingerprint density at radius 2 is 1.84 bits per heavy atom. The van der Waals surface area contributed by atoms with Gasteiger partial charge in [0.15, 0.2) is 5.76 Å². The fraction of sp³-hybridized carbons (Fsp3) is 0.550. The molecule has 0 spiro atoms. The van der Waals surface area contributed by atoms with Crippen molar-refractivity contribution in [3.05, 3.63) is 36.1 Å². The first-order chi connectivity index (χ1) is 14.8. The molecule has 0 bridgehead atoms. The van der Waals surface area contributed by atoms with Crippen LogP contribution in [-0.2, 0) is 21.1 Å². The van der Waals surface area contributed by atoms with E-state index in [1.54, 1.807) is 51.1 Å². The fourth-order valence-electron chi connectivity index (χ4n) is 3.03. The standard InChI is InChI=1S/C20H25F3N2O5S2/c1-19(2,3)31(26)25-15(12-13-8-7-9-13)16-18(30-32(27,28)20(21,22)23)24-17(29-16)14-10-5-4-6-11-14/h4-6,10-11,13,15,25H,7-9,12H2,1-3H3. The Morgan fingerprint density at radius 3 is 2.34 bits per heavy atom. The molecule has 1 saturated carbocycles. The highest BCUT2D eigenvalue weighted by Gasteiger charge is 2.50. The molecule has 0 radical (unpaired) electrons. The third kappa shape index (κ3) is 5.70. The molecule has 1 N–H and O–H groups in total. The average molecular weight is 495 g/mol. The molecule has 3 rings (SSSR count). The van der Waals surface area contributed by atoms with E-state index in [4.69, 9.17) is 4.42 Å². The minimum absolute atomic E-state index is 0.102. The topological polar surface area (TPSA) is 98.5 Å². The van der Waals surface area contributed by atoms with Gasteiger partial charge in [-0.1, -0.05) is 37.5 Å². The van der Waals surface area contributed by atoms with E-state index < -0.39 is 43.3 Å². The zero-order valence-electron chi connectivity index (χ0n) is 17.8. The summed E-state index contributed by atoms with van der Waals surface area (Å²) in [6.07, 6.45) is 3.19. The third-order valence-corrected chi connectivity index (χ3v) is 7.58. The molecule has 1 aliphatic rings. The van der Waals surface area contributed by atoms with E-state index in [2.05, 4.69) is 13.9 Å². The number of nitrogens with one attached hydrogen (secondary N) is 1. The van der Waals surface area contributed by atoms with Gasteiger partial charge in [0, 0.05) is 5.56 Å². The van der Waals surface area contributed by atoms with Crippen molar-refractivity contribution in [1.82, 2.24) is 9.71 Å². The van der Waals surface area contributed by atoms with Crippen molar-refractivity contribution < 1.29 is 34.4 Å². The summed E-state index contributed by atoms with van der Waals surface area (Å²) < 4.78 is 87.5. The predicted octanol–water partition coefficient (Wildman–Crippen LogP) is 4.85. The van der Waals surface area contributed by atoms with E-state index in [1.807, 2.05) is 0 Å². The largest absolute Gasteiger partial charge is 0.534 e. The molecule has 2 unspecified atom stereocenters. The summed E-state index contributed by atoms with van der Waals surface area (Å²) in [5.74, 6) is -0.929. The Balaban J connectivity index is 2.06. The van der Waals surface area contributed by atoms with E-state index in [-0.39, 0.29) is 17.6 Å². The van der Waals surface area contributed by atoms with E-state index in [1.165, 1.54) is 0 Å². The molecule has 0 saturated heterocycles. The molecule has 1 aromatic carbocycles. The lowest BCUT2D eigenvalue weighted by atomic mass is 9.80. The number of oxazole rings is 1. The maximum absolute atomic E-state index is 13.0. The van der Waals surface area contributed by atoms with Crippen molar-refractivity contribution in [2.24, 2.45) is 5.92 Å². The molecule has 32 heavy (non-hydrogen) atoms. The monoisotopic (exact) mass is 494 g/mol. The molecule has 0 aliphatic heterocycles. The number of hydrogen-bond acceptors (Lipinski definition) is 6. The van der Waals surface area contributed by atoms with Gasteiger partial charge < -0.3 is 8.60 Å². The van der Waals surface area contributed by atoms with Crippen molar-refractivity contribution in [3.8, 4) is 17.3 Å². The maximum Gasteiger partial charge on any atom is 0.534 e.